The monoisotopic (exact) mass is 249 g/mol. The molecule has 0 aliphatic heterocycles. The summed E-state index contributed by atoms with van der Waals surface area (Å²) in [5, 5.41) is 0. The first-order chi connectivity index (χ1) is 7.90. The van der Waals surface area contributed by atoms with Gasteiger partial charge in [-0.05, 0) is 7.05 Å². The van der Waals surface area contributed by atoms with E-state index in [-0.39, 0.29) is 6.54 Å². The molecular weight excluding hydrogens is 235 g/mol. The second-order valence-corrected chi connectivity index (χ2v) is 3.64. The molecular formula is C9H14F3N5. The third-order valence-corrected chi connectivity index (χ3v) is 2.06. The van der Waals surface area contributed by atoms with Crippen LogP contribution < -0.4 is 11.3 Å². The predicted molar refractivity (Wildman–Crippen MR) is 56.8 cm³/mol. The highest BCUT2D eigenvalue weighted by molar-refractivity contribution is 5.28. The van der Waals surface area contributed by atoms with Gasteiger partial charge in [-0.3, -0.25) is 4.98 Å². The summed E-state index contributed by atoms with van der Waals surface area (Å²) in [6.45, 7) is 0.246. The zero-order chi connectivity index (χ0) is 12.9. The highest BCUT2D eigenvalue weighted by atomic mass is 19.4. The van der Waals surface area contributed by atoms with Gasteiger partial charge < -0.3 is 10.3 Å². The van der Waals surface area contributed by atoms with E-state index in [0.29, 0.717) is 18.1 Å². The van der Waals surface area contributed by atoms with E-state index in [2.05, 4.69) is 15.4 Å². The Kier molecular flexibility index (Phi) is 4.64. The van der Waals surface area contributed by atoms with E-state index in [1.807, 2.05) is 0 Å². The molecule has 96 valence electrons. The molecule has 3 N–H and O–H groups in total. The van der Waals surface area contributed by atoms with Crippen LogP contribution in [-0.2, 0) is 6.54 Å². The van der Waals surface area contributed by atoms with Gasteiger partial charge in [-0.15, -0.1) is 0 Å². The van der Waals surface area contributed by atoms with E-state index >= 15 is 0 Å². The number of nitrogen functional groups attached to an aromatic ring is 1. The zero-order valence-electron chi connectivity index (χ0n) is 9.33. The van der Waals surface area contributed by atoms with Crippen LogP contribution in [0.4, 0.5) is 19.0 Å². The third-order valence-electron chi connectivity index (χ3n) is 2.06. The van der Waals surface area contributed by atoms with Crippen molar-refractivity contribution in [3.63, 3.8) is 0 Å². The molecule has 0 aliphatic carbocycles. The number of anilines is 1. The number of rotatable bonds is 5. The van der Waals surface area contributed by atoms with Gasteiger partial charge in [-0.2, -0.15) is 13.2 Å². The summed E-state index contributed by atoms with van der Waals surface area (Å²) in [4.78, 5) is 9.45. The van der Waals surface area contributed by atoms with Crippen LogP contribution >= 0.6 is 0 Å². The van der Waals surface area contributed by atoms with Crippen LogP contribution in [0.25, 0.3) is 0 Å². The summed E-state index contributed by atoms with van der Waals surface area (Å²) in [7, 11) is 1.60. The first-order valence-electron chi connectivity index (χ1n) is 4.93. The van der Waals surface area contributed by atoms with Crippen molar-refractivity contribution in [2.75, 3.05) is 19.0 Å². The number of aromatic nitrogens is 2. The summed E-state index contributed by atoms with van der Waals surface area (Å²) in [5.74, 6) is 5.52. The van der Waals surface area contributed by atoms with Gasteiger partial charge in [0.15, 0.2) is 5.82 Å². The van der Waals surface area contributed by atoms with E-state index in [4.69, 9.17) is 5.84 Å². The quantitative estimate of drug-likeness (QED) is 0.605. The number of hydrazine groups is 1. The van der Waals surface area contributed by atoms with Gasteiger partial charge in [0.2, 0.25) is 0 Å². The lowest BCUT2D eigenvalue weighted by molar-refractivity contribution is -0.137. The van der Waals surface area contributed by atoms with Crippen molar-refractivity contribution in [2.24, 2.45) is 5.84 Å². The summed E-state index contributed by atoms with van der Waals surface area (Å²) < 4.78 is 35.9. The van der Waals surface area contributed by atoms with Crippen molar-refractivity contribution in [3.05, 3.63) is 18.1 Å². The molecule has 17 heavy (non-hydrogen) atoms. The van der Waals surface area contributed by atoms with Crippen LogP contribution in [0.2, 0.25) is 0 Å². The van der Waals surface area contributed by atoms with Gasteiger partial charge in [-0.1, -0.05) is 0 Å². The van der Waals surface area contributed by atoms with Gasteiger partial charge in [0.25, 0.3) is 0 Å². The van der Waals surface area contributed by atoms with Gasteiger partial charge >= 0.3 is 6.18 Å². The first kappa shape index (κ1) is 13.7. The fraction of sp³-hybridized carbons (Fsp3) is 0.556. The highest BCUT2D eigenvalue weighted by Crippen LogP contribution is 2.19. The predicted octanol–water partition coefficient (Wildman–Crippen LogP) is 1.15. The molecule has 5 nitrogen and oxygen atoms in total. The number of nitrogens with zero attached hydrogens (tertiary/aromatic N) is 3. The minimum Gasteiger partial charge on any atom is -0.307 e. The number of alkyl halides is 3. The molecule has 0 bridgehead atoms. The molecule has 0 aliphatic rings. The Morgan fingerprint density at radius 3 is 2.53 bits per heavy atom. The molecule has 0 unspecified atom stereocenters. The van der Waals surface area contributed by atoms with Gasteiger partial charge in [0.1, 0.15) is 0 Å². The van der Waals surface area contributed by atoms with Crippen molar-refractivity contribution < 1.29 is 13.2 Å². The van der Waals surface area contributed by atoms with Crippen LogP contribution in [0.3, 0.4) is 0 Å². The fourth-order valence-corrected chi connectivity index (χ4v) is 1.18. The average molecular weight is 249 g/mol. The summed E-state index contributed by atoms with van der Waals surface area (Å²) >= 11 is 0. The maximum Gasteiger partial charge on any atom is 0.390 e. The fourth-order valence-electron chi connectivity index (χ4n) is 1.18. The second-order valence-electron chi connectivity index (χ2n) is 3.64. The van der Waals surface area contributed by atoms with E-state index < -0.39 is 12.6 Å². The molecule has 0 aromatic carbocycles. The van der Waals surface area contributed by atoms with Gasteiger partial charge in [-0.25, -0.2) is 10.8 Å². The highest BCUT2D eigenvalue weighted by Gasteiger charge is 2.27. The normalized spacial score (nSPS) is 11.9. The molecule has 1 heterocycles. The topological polar surface area (TPSA) is 67.1 Å². The summed E-state index contributed by atoms with van der Waals surface area (Å²) in [6.07, 6.45) is -2.07. The lowest BCUT2D eigenvalue weighted by Gasteiger charge is -2.16. The molecule has 0 fully saturated rings. The Bertz CT molecular complexity index is 337. The van der Waals surface area contributed by atoms with Crippen molar-refractivity contribution in [3.8, 4) is 0 Å². The Morgan fingerprint density at radius 2 is 2.06 bits per heavy atom. The molecule has 0 spiro atoms. The van der Waals surface area contributed by atoms with E-state index in [9.17, 15) is 13.2 Å². The number of hydrogen-bond acceptors (Lipinski definition) is 5. The SMILES string of the molecule is CN(CCC(F)(F)F)Cc1cnc(NN)cn1. The van der Waals surface area contributed by atoms with Crippen molar-refractivity contribution in [1.82, 2.24) is 14.9 Å². The number of nitrogens with two attached hydrogens (primary N) is 1. The minimum atomic E-state index is -4.13. The maximum atomic E-state index is 12.0. The smallest absolute Gasteiger partial charge is 0.307 e. The first-order valence-corrected chi connectivity index (χ1v) is 4.93. The van der Waals surface area contributed by atoms with E-state index in [0.717, 1.165) is 0 Å². The van der Waals surface area contributed by atoms with Crippen LogP contribution in [0.1, 0.15) is 12.1 Å². The molecule has 0 saturated carbocycles. The molecule has 0 atom stereocenters. The number of hydrogen-bond donors (Lipinski definition) is 2. The second kappa shape index (κ2) is 5.78. The number of nitrogens with one attached hydrogen (secondary N) is 1. The van der Waals surface area contributed by atoms with Gasteiger partial charge in [0.05, 0.1) is 24.5 Å². The molecule has 8 heteroatoms. The van der Waals surface area contributed by atoms with Crippen LogP contribution in [0.5, 0.6) is 0 Å². The molecule has 0 radical (unpaired) electrons. The standard InChI is InChI=1S/C9H14F3N5/c1-17(3-2-9(10,11)12)6-7-4-15-8(16-13)5-14-7/h4-5H,2-3,6,13H2,1H3,(H,15,16). The maximum absolute atomic E-state index is 12.0. The van der Waals surface area contributed by atoms with Gasteiger partial charge in [0, 0.05) is 13.1 Å². The Labute approximate surface area is 96.8 Å². The van der Waals surface area contributed by atoms with Crippen LogP contribution in [-0.4, -0.2) is 34.6 Å². The molecule has 1 aromatic rings. The number of halogens is 3. The van der Waals surface area contributed by atoms with Crippen molar-refractivity contribution in [1.29, 1.82) is 0 Å². The third kappa shape index (κ3) is 5.45. The molecule has 1 rings (SSSR count). The largest absolute Gasteiger partial charge is 0.390 e. The summed E-state index contributed by atoms with van der Waals surface area (Å²) in [5.41, 5.74) is 2.91. The Balaban J connectivity index is 2.42. The molecule has 0 saturated heterocycles. The average Bonchev–Trinajstić information content (AvgIpc) is 2.27. The molecule has 1 aromatic heterocycles. The summed E-state index contributed by atoms with van der Waals surface area (Å²) in [6, 6.07) is 0. The zero-order valence-corrected chi connectivity index (χ0v) is 9.33. The van der Waals surface area contributed by atoms with Crippen molar-refractivity contribution >= 4 is 5.82 Å². The lowest BCUT2D eigenvalue weighted by atomic mass is 10.3. The Hall–Kier alpha value is -1.41. The van der Waals surface area contributed by atoms with Crippen LogP contribution in [0, 0.1) is 0 Å². The van der Waals surface area contributed by atoms with E-state index in [1.165, 1.54) is 17.3 Å². The van der Waals surface area contributed by atoms with Crippen molar-refractivity contribution in [2.45, 2.75) is 19.1 Å². The molecule has 0 amide bonds. The van der Waals surface area contributed by atoms with Crippen LogP contribution in [0.15, 0.2) is 12.4 Å². The van der Waals surface area contributed by atoms with E-state index in [1.54, 1.807) is 7.05 Å². The Morgan fingerprint density at radius 1 is 1.35 bits per heavy atom. The lowest BCUT2D eigenvalue weighted by Crippen LogP contribution is -2.24. The minimum absolute atomic E-state index is 0.0674.